The molecule has 0 aliphatic carbocycles. The Kier molecular flexibility index (Phi) is 6.37. The number of nitrogens with one attached hydrogen (secondary N) is 1. The van der Waals surface area contributed by atoms with E-state index in [1.165, 1.54) is 12.1 Å². The van der Waals surface area contributed by atoms with Crippen molar-refractivity contribution in [1.29, 1.82) is 0 Å². The third kappa shape index (κ3) is 5.09. The summed E-state index contributed by atoms with van der Waals surface area (Å²) in [5.74, 6) is -0.638. The molecule has 0 aliphatic heterocycles. The second-order valence-electron chi connectivity index (χ2n) is 5.34. The molecule has 0 saturated carbocycles. The second-order valence-corrected chi connectivity index (χ2v) is 7.87. The van der Waals surface area contributed by atoms with E-state index in [0.29, 0.717) is 22.5 Å². The van der Waals surface area contributed by atoms with Crippen LogP contribution in [0.3, 0.4) is 0 Å². The Labute approximate surface area is 133 Å². The number of benzene rings is 1. The maximum atomic E-state index is 12.3. The standard InChI is InChI=1S/C14H20BrNO4S/c1-9(2)5-4-6-16-21(19,20)12-8-11(14(17)18)7-10(3)13(12)15/h7-9,16H,4-6H2,1-3H3,(H,17,18). The molecule has 0 spiro atoms. The predicted octanol–water partition coefficient (Wildman–Crippen LogP) is 3.17. The van der Waals surface area contributed by atoms with Crippen molar-refractivity contribution >= 4 is 31.9 Å². The second kappa shape index (κ2) is 7.38. The minimum absolute atomic E-state index is 0.0375. The Hall–Kier alpha value is -0.920. The molecule has 0 unspecified atom stereocenters. The van der Waals surface area contributed by atoms with Crippen LogP contribution in [0.25, 0.3) is 0 Å². The lowest BCUT2D eigenvalue weighted by Gasteiger charge is -2.12. The molecule has 0 saturated heterocycles. The summed E-state index contributed by atoms with van der Waals surface area (Å²) in [6.45, 7) is 6.15. The molecular formula is C14H20BrNO4S. The summed E-state index contributed by atoms with van der Waals surface area (Å²) >= 11 is 3.22. The highest BCUT2D eigenvalue weighted by molar-refractivity contribution is 9.10. The normalized spacial score (nSPS) is 11.9. The van der Waals surface area contributed by atoms with Crippen molar-refractivity contribution in [2.75, 3.05) is 6.54 Å². The number of aromatic carboxylic acids is 1. The molecular weight excluding hydrogens is 358 g/mol. The first-order valence-electron chi connectivity index (χ1n) is 6.68. The van der Waals surface area contributed by atoms with Crippen LogP contribution in [0.2, 0.25) is 0 Å². The van der Waals surface area contributed by atoms with Crippen molar-refractivity contribution in [2.24, 2.45) is 5.92 Å². The molecule has 0 aromatic heterocycles. The van der Waals surface area contributed by atoms with E-state index in [2.05, 4.69) is 34.5 Å². The van der Waals surface area contributed by atoms with Crippen molar-refractivity contribution in [2.45, 2.75) is 38.5 Å². The lowest BCUT2D eigenvalue weighted by Crippen LogP contribution is -2.26. The Bertz CT molecular complexity index is 626. The van der Waals surface area contributed by atoms with Crippen LogP contribution in [0.15, 0.2) is 21.5 Å². The van der Waals surface area contributed by atoms with Crippen LogP contribution in [0.1, 0.15) is 42.6 Å². The monoisotopic (exact) mass is 377 g/mol. The summed E-state index contributed by atoms with van der Waals surface area (Å²) in [7, 11) is -3.73. The molecule has 2 N–H and O–H groups in total. The Morgan fingerprint density at radius 3 is 2.52 bits per heavy atom. The fraction of sp³-hybridized carbons (Fsp3) is 0.500. The van der Waals surface area contributed by atoms with Gasteiger partial charge in [-0.15, -0.1) is 0 Å². The van der Waals surface area contributed by atoms with E-state index in [4.69, 9.17) is 5.11 Å². The highest BCUT2D eigenvalue weighted by Crippen LogP contribution is 2.27. The van der Waals surface area contributed by atoms with Crippen LogP contribution in [-0.2, 0) is 10.0 Å². The molecule has 118 valence electrons. The molecule has 5 nitrogen and oxygen atoms in total. The summed E-state index contributed by atoms with van der Waals surface area (Å²) in [5.41, 5.74) is 0.524. The van der Waals surface area contributed by atoms with Gasteiger partial charge >= 0.3 is 5.97 Å². The fourth-order valence-electron chi connectivity index (χ4n) is 1.85. The van der Waals surface area contributed by atoms with Gasteiger partial charge in [-0.1, -0.05) is 13.8 Å². The van der Waals surface area contributed by atoms with Crippen LogP contribution in [-0.4, -0.2) is 26.0 Å². The third-order valence-electron chi connectivity index (χ3n) is 3.01. The quantitative estimate of drug-likeness (QED) is 0.714. The molecule has 1 rings (SSSR count). The summed E-state index contributed by atoms with van der Waals surface area (Å²) in [4.78, 5) is 11.0. The van der Waals surface area contributed by atoms with E-state index in [9.17, 15) is 13.2 Å². The molecule has 0 aliphatic rings. The Morgan fingerprint density at radius 1 is 1.38 bits per heavy atom. The molecule has 7 heteroatoms. The van der Waals surface area contributed by atoms with E-state index in [1.54, 1.807) is 6.92 Å². The Balaban J connectivity index is 2.99. The number of hydrogen-bond donors (Lipinski definition) is 2. The highest BCUT2D eigenvalue weighted by atomic mass is 79.9. The van der Waals surface area contributed by atoms with Crippen molar-refractivity contribution in [3.05, 3.63) is 27.7 Å². The number of carboxylic acid groups (broad SMARTS) is 1. The molecule has 1 aromatic rings. The smallest absolute Gasteiger partial charge is 0.335 e. The summed E-state index contributed by atoms with van der Waals surface area (Å²) in [6, 6.07) is 2.61. The van der Waals surface area contributed by atoms with Gasteiger partial charge in [0, 0.05) is 11.0 Å². The van der Waals surface area contributed by atoms with Gasteiger partial charge in [0.25, 0.3) is 0 Å². The SMILES string of the molecule is Cc1cc(C(=O)O)cc(S(=O)(=O)NCCCC(C)C)c1Br. The highest BCUT2D eigenvalue weighted by Gasteiger charge is 2.21. The first-order valence-corrected chi connectivity index (χ1v) is 8.96. The fourth-order valence-corrected chi connectivity index (χ4v) is 3.97. The predicted molar refractivity (Wildman–Crippen MR) is 85.1 cm³/mol. The summed E-state index contributed by atoms with van der Waals surface area (Å²) < 4.78 is 27.5. The van der Waals surface area contributed by atoms with Gasteiger partial charge in [0.05, 0.1) is 10.5 Å². The van der Waals surface area contributed by atoms with E-state index in [0.717, 1.165) is 12.8 Å². The van der Waals surface area contributed by atoms with Gasteiger partial charge in [0.2, 0.25) is 10.0 Å². The van der Waals surface area contributed by atoms with Gasteiger partial charge in [-0.05, 0) is 59.3 Å². The lowest BCUT2D eigenvalue weighted by atomic mass is 10.1. The van der Waals surface area contributed by atoms with Gasteiger partial charge in [-0.25, -0.2) is 17.9 Å². The number of carbonyl (C=O) groups is 1. The van der Waals surface area contributed by atoms with Crippen LogP contribution >= 0.6 is 15.9 Å². The zero-order valence-electron chi connectivity index (χ0n) is 12.3. The number of halogens is 1. The first kappa shape index (κ1) is 18.1. The zero-order valence-corrected chi connectivity index (χ0v) is 14.7. The van der Waals surface area contributed by atoms with Crippen LogP contribution in [0.5, 0.6) is 0 Å². The van der Waals surface area contributed by atoms with E-state index in [-0.39, 0.29) is 10.5 Å². The van der Waals surface area contributed by atoms with E-state index in [1.807, 2.05) is 0 Å². The number of carboxylic acids is 1. The number of aryl methyl sites for hydroxylation is 1. The topological polar surface area (TPSA) is 83.5 Å². The summed E-state index contributed by atoms with van der Waals surface area (Å²) in [5, 5.41) is 9.03. The minimum atomic E-state index is -3.73. The van der Waals surface area contributed by atoms with Crippen LogP contribution in [0, 0.1) is 12.8 Å². The number of sulfonamides is 1. The third-order valence-corrected chi connectivity index (χ3v) is 5.81. The van der Waals surface area contributed by atoms with Crippen molar-refractivity contribution in [3.8, 4) is 0 Å². The molecule has 0 radical (unpaired) electrons. The molecule has 1 aromatic carbocycles. The first-order chi connectivity index (χ1) is 9.65. The largest absolute Gasteiger partial charge is 0.478 e. The van der Waals surface area contributed by atoms with E-state index < -0.39 is 16.0 Å². The Morgan fingerprint density at radius 2 is 2.00 bits per heavy atom. The maximum absolute atomic E-state index is 12.3. The van der Waals surface area contributed by atoms with Gasteiger partial charge in [0.1, 0.15) is 0 Å². The maximum Gasteiger partial charge on any atom is 0.335 e. The molecule has 0 amide bonds. The molecule has 0 atom stereocenters. The number of rotatable bonds is 7. The number of hydrogen-bond acceptors (Lipinski definition) is 3. The lowest BCUT2D eigenvalue weighted by molar-refractivity contribution is 0.0696. The van der Waals surface area contributed by atoms with Crippen molar-refractivity contribution in [1.82, 2.24) is 4.72 Å². The van der Waals surface area contributed by atoms with Crippen LogP contribution in [0.4, 0.5) is 0 Å². The van der Waals surface area contributed by atoms with Crippen molar-refractivity contribution < 1.29 is 18.3 Å². The average Bonchev–Trinajstić information content (AvgIpc) is 2.37. The zero-order chi connectivity index (χ0) is 16.2. The van der Waals surface area contributed by atoms with E-state index >= 15 is 0 Å². The average molecular weight is 378 g/mol. The molecule has 21 heavy (non-hydrogen) atoms. The molecule has 0 bridgehead atoms. The van der Waals surface area contributed by atoms with Crippen molar-refractivity contribution in [3.63, 3.8) is 0 Å². The molecule has 0 fully saturated rings. The van der Waals surface area contributed by atoms with Gasteiger partial charge in [-0.2, -0.15) is 0 Å². The van der Waals surface area contributed by atoms with Gasteiger partial charge < -0.3 is 5.11 Å². The van der Waals surface area contributed by atoms with Gasteiger partial charge in [0.15, 0.2) is 0 Å². The minimum Gasteiger partial charge on any atom is -0.478 e. The molecule has 0 heterocycles. The van der Waals surface area contributed by atoms with Gasteiger partial charge in [-0.3, -0.25) is 0 Å². The van der Waals surface area contributed by atoms with Crippen LogP contribution < -0.4 is 4.72 Å². The summed E-state index contributed by atoms with van der Waals surface area (Å²) in [6.07, 6.45) is 1.67.